The van der Waals surface area contributed by atoms with E-state index in [4.69, 9.17) is 26.8 Å². The zero-order valence-corrected chi connectivity index (χ0v) is 12.4. The second-order valence-electron chi connectivity index (χ2n) is 5.07. The molecule has 4 heteroatoms. The fourth-order valence-corrected chi connectivity index (χ4v) is 3.22. The third-order valence-corrected chi connectivity index (χ3v) is 4.21. The highest BCUT2D eigenvalue weighted by Gasteiger charge is 2.42. The third-order valence-electron chi connectivity index (χ3n) is 3.98. The van der Waals surface area contributed by atoms with E-state index in [1.807, 2.05) is 25.1 Å². The molecule has 0 heterocycles. The number of nitrogens with two attached hydrogens (primary N) is 1. The number of rotatable bonds is 5. The van der Waals surface area contributed by atoms with Gasteiger partial charge in [0.15, 0.2) is 0 Å². The Kier molecular flexibility index (Phi) is 4.71. The molecule has 0 spiro atoms. The van der Waals surface area contributed by atoms with Gasteiger partial charge in [-0.05, 0) is 38.0 Å². The van der Waals surface area contributed by atoms with Gasteiger partial charge in [-0.2, -0.15) is 0 Å². The molecule has 0 amide bonds. The van der Waals surface area contributed by atoms with Crippen LogP contribution in [0.2, 0.25) is 5.02 Å². The standard InChI is InChI=1S/C15H22ClNO2/c1-3-19-15(8-4-5-9-15)14(17)12-10-11(16)6-7-13(12)18-2/h6-7,10,14H,3-5,8-9,17H2,1-2H3. The highest BCUT2D eigenvalue weighted by Crippen LogP contribution is 2.44. The lowest BCUT2D eigenvalue weighted by Gasteiger charge is -2.36. The molecule has 1 aliphatic carbocycles. The molecule has 1 atom stereocenters. The van der Waals surface area contributed by atoms with Crippen molar-refractivity contribution in [1.29, 1.82) is 0 Å². The second-order valence-corrected chi connectivity index (χ2v) is 5.51. The van der Waals surface area contributed by atoms with Crippen LogP contribution in [-0.4, -0.2) is 19.3 Å². The Balaban J connectivity index is 2.36. The van der Waals surface area contributed by atoms with Crippen LogP contribution in [0.1, 0.15) is 44.2 Å². The van der Waals surface area contributed by atoms with Crippen LogP contribution in [0.25, 0.3) is 0 Å². The zero-order valence-electron chi connectivity index (χ0n) is 11.6. The maximum absolute atomic E-state index is 6.50. The average Bonchev–Trinajstić information content (AvgIpc) is 2.88. The Labute approximate surface area is 120 Å². The van der Waals surface area contributed by atoms with Crippen molar-refractivity contribution in [1.82, 2.24) is 0 Å². The van der Waals surface area contributed by atoms with E-state index in [1.165, 1.54) is 0 Å². The summed E-state index contributed by atoms with van der Waals surface area (Å²) in [6.07, 6.45) is 4.32. The van der Waals surface area contributed by atoms with E-state index in [0.29, 0.717) is 11.6 Å². The molecule has 0 bridgehead atoms. The lowest BCUT2D eigenvalue weighted by Crippen LogP contribution is -2.41. The number of benzene rings is 1. The fraction of sp³-hybridized carbons (Fsp3) is 0.600. The van der Waals surface area contributed by atoms with Crippen LogP contribution in [-0.2, 0) is 4.74 Å². The number of halogens is 1. The van der Waals surface area contributed by atoms with Crippen molar-refractivity contribution in [3.8, 4) is 5.75 Å². The molecule has 2 N–H and O–H groups in total. The first kappa shape index (κ1) is 14.6. The maximum atomic E-state index is 6.50. The summed E-state index contributed by atoms with van der Waals surface area (Å²) in [7, 11) is 1.65. The summed E-state index contributed by atoms with van der Waals surface area (Å²) >= 11 is 6.10. The number of ether oxygens (including phenoxy) is 2. The minimum atomic E-state index is -0.271. The van der Waals surface area contributed by atoms with Crippen LogP contribution in [0.4, 0.5) is 0 Å². The van der Waals surface area contributed by atoms with E-state index in [9.17, 15) is 0 Å². The molecule has 1 aliphatic rings. The van der Waals surface area contributed by atoms with Gasteiger partial charge in [0.05, 0.1) is 18.8 Å². The smallest absolute Gasteiger partial charge is 0.123 e. The van der Waals surface area contributed by atoms with Crippen molar-refractivity contribution in [2.75, 3.05) is 13.7 Å². The topological polar surface area (TPSA) is 44.5 Å². The molecule has 1 fully saturated rings. The van der Waals surface area contributed by atoms with Gasteiger partial charge in [0.25, 0.3) is 0 Å². The Hall–Kier alpha value is -0.770. The lowest BCUT2D eigenvalue weighted by atomic mass is 9.87. The largest absolute Gasteiger partial charge is 0.496 e. The van der Waals surface area contributed by atoms with Crippen molar-refractivity contribution in [3.63, 3.8) is 0 Å². The summed E-state index contributed by atoms with van der Waals surface area (Å²) in [5.41, 5.74) is 7.17. The van der Waals surface area contributed by atoms with Crippen molar-refractivity contribution in [2.45, 2.75) is 44.2 Å². The van der Waals surface area contributed by atoms with E-state index in [-0.39, 0.29) is 11.6 Å². The molecule has 3 nitrogen and oxygen atoms in total. The SMILES string of the molecule is CCOC1(C(N)c2cc(Cl)ccc2OC)CCCC1. The molecule has 1 aromatic carbocycles. The molecule has 1 aromatic rings. The van der Waals surface area contributed by atoms with E-state index in [0.717, 1.165) is 37.0 Å². The highest BCUT2D eigenvalue weighted by molar-refractivity contribution is 6.30. The molecule has 2 rings (SSSR count). The van der Waals surface area contributed by atoms with Crippen LogP contribution in [0, 0.1) is 0 Å². The molecule has 1 unspecified atom stereocenters. The van der Waals surface area contributed by atoms with E-state index < -0.39 is 0 Å². The van der Waals surface area contributed by atoms with Gasteiger partial charge in [0.2, 0.25) is 0 Å². The number of methoxy groups -OCH3 is 1. The van der Waals surface area contributed by atoms with Crippen molar-refractivity contribution >= 4 is 11.6 Å². The zero-order chi connectivity index (χ0) is 13.9. The quantitative estimate of drug-likeness (QED) is 0.896. The first-order valence-corrected chi connectivity index (χ1v) is 7.24. The highest BCUT2D eigenvalue weighted by atomic mass is 35.5. The van der Waals surface area contributed by atoms with Gasteiger partial charge >= 0.3 is 0 Å². The molecule has 0 aromatic heterocycles. The summed E-state index contributed by atoms with van der Waals surface area (Å²) in [6.45, 7) is 2.69. The number of hydrogen-bond acceptors (Lipinski definition) is 3. The maximum Gasteiger partial charge on any atom is 0.123 e. The van der Waals surface area contributed by atoms with Crippen molar-refractivity contribution in [2.24, 2.45) is 5.73 Å². The summed E-state index contributed by atoms with van der Waals surface area (Å²) in [5.74, 6) is 0.780. The van der Waals surface area contributed by atoms with Gasteiger partial charge in [-0.3, -0.25) is 0 Å². The molecule has 1 saturated carbocycles. The van der Waals surface area contributed by atoms with E-state index in [2.05, 4.69) is 0 Å². The molecular weight excluding hydrogens is 262 g/mol. The van der Waals surface area contributed by atoms with Crippen molar-refractivity contribution < 1.29 is 9.47 Å². The Morgan fingerprint density at radius 3 is 2.63 bits per heavy atom. The van der Waals surface area contributed by atoms with Crippen LogP contribution >= 0.6 is 11.6 Å². The molecule has 0 radical (unpaired) electrons. The fourth-order valence-electron chi connectivity index (χ4n) is 3.04. The minimum absolute atomic E-state index is 0.205. The average molecular weight is 284 g/mol. The minimum Gasteiger partial charge on any atom is -0.496 e. The summed E-state index contributed by atoms with van der Waals surface area (Å²) in [4.78, 5) is 0. The van der Waals surface area contributed by atoms with Crippen molar-refractivity contribution in [3.05, 3.63) is 28.8 Å². The molecule has 106 valence electrons. The first-order chi connectivity index (χ1) is 9.13. The van der Waals surface area contributed by atoms with Gasteiger partial charge in [-0.15, -0.1) is 0 Å². The van der Waals surface area contributed by atoms with Crippen LogP contribution in [0.5, 0.6) is 5.75 Å². The second kappa shape index (κ2) is 6.12. The molecule has 19 heavy (non-hydrogen) atoms. The predicted molar refractivity (Wildman–Crippen MR) is 77.8 cm³/mol. The van der Waals surface area contributed by atoms with Gasteiger partial charge < -0.3 is 15.2 Å². The Bertz CT molecular complexity index is 430. The molecular formula is C15H22ClNO2. The van der Waals surface area contributed by atoms with Crippen LogP contribution in [0.15, 0.2) is 18.2 Å². The van der Waals surface area contributed by atoms with E-state index >= 15 is 0 Å². The summed E-state index contributed by atoms with van der Waals surface area (Å²) in [6, 6.07) is 5.37. The molecule has 0 saturated heterocycles. The van der Waals surface area contributed by atoms with Gasteiger partial charge in [-0.25, -0.2) is 0 Å². The lowest BCUT2D eigenvalue weighted by molar-refractivity contribution is -0.0540. The normalized spacial score (nSPS) is 19.4. The monoisotopic (exact) mass is 283 g/mol. The number of hydrogen-bond donors (Lipinski definition) is 1. The Morgan fingerprint density at radius 1 is 1.37 bits per heavy atom. The summed E-state index contributed by atoms with van der Waals surface area (Å²) < 4.78 is 11.4. The van der Waals surface area contributed by atoms with Gasteiger partial charge in [0, 0.05) is 17.2 Å². The summed E-state index contributed by atoms with van der Waals surface area (Å²) in [5, 5.41) is 0.677. The van der Waals surface area contributed by atoms with Crippen LogP contribution in [0.3, 0.4) is 0 Å². The predicted octanol–water partition coefficient (Wildman–Crippen LogP) is 3.70. The van der Waals surface area contributed by atoms with Gasteiger partial charge in [0.1, 0.15) is 5.75 Å². The third kappa shape index (κ3) is 2.88. The molecule has 0 aliphatic heterocycles. The van der Waals surface area contributed by atoms with Gasteiger partial charge in [-0.1, -0.05) is 24.4 Å². The first-order valence-electron chi connectivity index (χ1n) is 6.86. The van der Waals surface area contributed by atoms with E-state index in [1.54, 1.807) is 7.11 Å². The Morgan fingerprint density at radius 2 is 2.05 bits per heavy atom. The van der Waals surface area contributed by atoms with Crippen LogP contribution < -0.4 is 10.5 Å².